The highest BCUT2D eigenvalue weighted by Crippen LogP contribution is 2.44. The van der Waals surface area contributed by atoms with Gasteiger partial charge in [-0.1, -0.05) is 23.2 Å². The molecule has 5 rings (SSSR count). The summed E-state index contributed by atoms with van der Waals surface area (Å²) in [6.07, 6.45) is 8.04. The quantitative estimate of drug-likeness (QED) is 0.433. The molecule has 1 amide bonds. The van der Waals surface area contributed by atoms with Crippen molar-refractivity contribution in [3.8, 4) is 5.75 Å². The number of fused-ring (bicyclic) bond motifs is 1. The molecule has 32 heavy (non-hydrogen) atoms. The summed E-state index contributed by atoms with van der Waals surface area (Å²) in [5, 5.41) is 7.09. The average Bonchev–Trinajstić information content (AvgIpc) is 3.53. The molecular formula is C24H20Cl2N2O4. The van der Waals surface area contributed by atoms with Gasteiger partial charge in [0.05, 0.1) is 23.3 Å². The lowest BCUT2D eigenvalue weighted by Gasteiger charge is -2.27. The van der Waals surface area contributed by atoms with Crippen LogP contribution in [0.15, 0.2) is 74.5 Å². The van der Waals surface area contributed by atoms with Gasteiger partial charge in [-0.2, -0.15) is 5.10 Å². The molecule has 1 aliphatic carbocycles. The second-order valence-corrected chi connectivity index (χ2v) is 8.57. The minimum Gasteiger partial charge on any atom is -0.482 e. The molecule has 3 aromatic rings. The maximum absolute atomic E-state index is 13.2. The van der Waals surface area contributed by atoms with Crippen LogP contribution in [0, 0.1) is 5.92 Å². The number of hydrogen-bond acceptors (Lipinski definition) is 5. The molecular weight excluding hydrogens is 451 g/mol. The summed E-state index contributed by atoms with van der Waals surface area (Å²) >= 11 is 12.1. The maximum Gasteiger partial charge on any atom is 0.281 e. The van der Waals surface area contributed by atoms with E-state index in [4.69, 9.17) is 41.9 Å². The first-order valence-corrected chi connectivity index (χ1v) is 11.1. The van der Waals surface area contributed by atoms with E-state index in [9.17, 15) is 4.79 Å². The number of allylic oxidation sites excluding steroid dienone is 1. The number of carbonyl (C=O) groups is 1. The molecule has 0 bridgehead atoms. The molecule has 164 valence electrons. The Morgan fingerprint density at radius 3 is 2.78 bits per heavy atom. The summed E-state index contributed by atoms with van der Waals surface area (Å²) in [5.41, 5.74) is 1.97. The summed E-state index contributed by atoms with van der Waals surface area (Å²) in [7, 11) is 0. The van der Waals surface area contributed by atoms with E-state index in [1.54, 1.807) is 30.7 Å². The van der Waals surface area contributed by atoms with Gasteiger partial charge in [0.2, 0.25) is 0 Å². The lowest BCUT2D eigenvalue weighted by Crippen LogP contribution is -2.34. The monoisotopic (exact) mass is 470 g/mol. The zero-order valence-corrected chi connectivity index (χ0v) is 18.6. The van der Waals surface area contributed by atoms with Crippen molar-refractivity contribution in [2.45, 2.75) is 25.3 Å². The van der Waals surface area contributed by atoms with Crippen LogP contribution in [-0.4, -0.2) is 23.2 Å². The largest absolute Gasteiger partial charge is 0.482 e. The Labute approximate surface area is 195 Å². The van der Waals surface area contributed by atoms with Crippen LogP contribution in [0.25, 0.3) is 6.08 Å². The van der Waals surface area contributed by atoms with Crippen molar-refractivity contribution in [3.05, 3.63) is 82.1 Å². The first kappa shape index (κ1) is 20.9. The predicted molar refractivity (Wildman–Crippen MR) is 122 cm³/mol. The number of ether oxygens (including phenoxy) is 1. The van der Waals surface area contributed by atoms with Gasteiger partial charge in [0, 0.05) is 10.9 Å². The van der Waals surface area contributed by atoms with Crippen LogP contribution < -0.4 is 4.74 Å². The molecule has 0 saturated heterocycles. The number of halogens is 2. The maximum atomic E-state index is 13.2. The fourth-order valence-electron chi connectivity index (χ4n) is 4.29. The van der Waals surface area contributed by atoms with Gasteiger partial charge in [0.1, 0.15) is 23.3 Å². The molecule has 0 N–H and O–H groups in total. The van der Waals surface area contributed by atoms with Crippen LogP contribution in [-0.2, 0) is 4.79 Å². The van der Waals surface area contributed by atoms with E-state index in [-0.39, 0.29) is 24.5 Å². The molecule has 0 unspecified atom stereocenters. The number of hydrogen-bond donors (Lipinski definition) is 0. The lowest BCUT2D eigenvalue weighted by atomic mass is 9.79. The highest BCUT2D eigenvalue weighted by atomic mass is 35.5. The van der Waals surface area contributed by atoms with E-state index < -0.39 is 0 Å². The van der Waals surface area contributed by atoms with Crippen molar-refractivity contribution >= 4 is 40.9 Å². The van der Waals surface area contributed by atoms with Gasteiger partial charge < -0.3 is 13.6 Å². The van der Waals surface area contributed by atoms with Crippen molar-refractivity contribution in [2.75, 3.05) is 6.61 Å². The van der Waals surface area contributed by atoms with Crippen molar-refractivity contribution in [1.29, 1.82) is 0 Å². The van der Waals surface area contributed by atoms with Crippen molar-refractivity contribution in [3.63, 3.8) is 0 Å². The smallest absolute Gasteiger partial charge is 0.281 e. The number of nitrogens with zero attached hydrogens (tertiary/aromatic N) is 2. The van der Waals surface area contributed by atoms with Gasteiger partial charge in [-0.05, 0) is 73.4 Å². The van der Waals surface area contributed by atoms with E-state index >= 15 is 0 Å². The fourth-order valence-corrected chi connectivity index (χ4v) is 4.75. The van der Waals surface area contributed by atoms with Gasteiger partial charge in [0.25, 0.3) is 5.91 Å². The normalized spacial score (nSPS) is 21.5. The van der Waals surface area contributed by atoms with Gasteiger partial charge in [-0.3, -0.25) is 4.79 Å². The van der Waals surface area contributed by atoms with Crippen molar-refractivity contribution < 1.29 is 18.4 Å². The Bertz CT molecular complexity index is 1170. The third kappa shape index (κ3) is 4.08. The second-order valence-electron chi connectivity index (χ2n) is 7.73. The Morgan fingerprint density at radius 1 is 1.19 bits per heavy atom. The van der Waals surface area contributed by atoms with Crippen LogP contribution in [0.2, 0.25) is 10.0 Å². The number of benzene rings is 1. The van der Waals surface area contributed by atoms with Crippen molar-refractivity contribution in [2.24, 2.45) is 11.0 Å². The average molecular weight is 471 g/mol. The molecule has 1 aromatic carbocycles. The lowest BCUT2D eigenvalue weighted by molar-refractivity contribution is -0.136. The van der Waals surface area contributed by atoms with Gasteiger partial charge in [0.15, 0.2) is 6.61 Å². The number of hydrazone groups is 1. The Hall–Kier alpha value is -2.96. The number of furan rings is 2. The molecule has 6 nitrogen and oxygen atoms in total. The zero-order chi connectivity index (χ0) is 22.1. The van der Waals surface area contributed by atoms with Crippen LogP contribution >= 0.6 is 23.2 Å². The number of rotatable bonds is 5. The highest BCUT2D eigenvalue weighted by Gasteiger charge is 2.45. The first-order valence-electron chi connectivity index (χ1n) is 10.4. The van der Waals surface area contributed by atoms with Crippen LogP contribution in [0.1, 0.15) is 36.8 Å². The third-order valence-electron chi connectivity index (χ3n) is 5.70. The zero-order valence-electron chi connectivity index (χ0n) is 17.0. The Balaban J connectivity index is 1.43. The number of carbonyl (C=O) groups excluding carboxylic acids is 1. The molecule has 1 saturated carbocycles. The van der Waals surface area contributed by atoms with Crippen LogP contribution in [0.3, 0.4) is 0 Å². The molecule has 2 aliphatic rings. The van der Waals surface area contributed by atoms with E-state index in [0.717, 1.165) is 36.3 Å². The predicted octanol–water partition coefficient (Wildman–Crippen LogP) is 6.38. The van der Waals surface area contributed by atoms with Gasteiger partial charge in [-0.25, -0.2) is 5.01 Å². The Morgan fingerprint density at radius 2 is 2.03 bits per heavy atom. The minimum absolute atomic E-state index is 0.0409. The summed E-state index contributed by atoms with van der Waals surface area (Å²) in [6.45, 7) is -0.209. The van der Waals surface area contributed by atoms with Crippen LogP contribution in [0.4, 0.5) is 0 Å². The molecule has 0 spiro atoms. The first-order chi connectivity index (χ1) is 15.6. The molecule has 3 heterocycles. The molecule has 1 fully saturated rings. The molecule has 1 aliphatic heterocycles. The standard InChI is InChI=1S/C24H20Cl2N2O4/c25-16-8-9-20(19(26)13-16)32-14-22(29)28-24(21-7-3-11-31-21)18-6-1-4-15(23(18)27-28)12-17-5-2-10-30-17/h2-3,5,7-13,18,24H,1,4,6,14H2/b15-12-/t18-,24+/m1/s1. The molecule has 8 heteroatoms. The van der Waals surface area contributed by atoms with Crippen molar-refractivity contribution in [1.82, 2.24) is 5.01 Å². The SMILES string of the molecule is O=C(COc1ccc(Cl)cc1Cl)N1N=C2/C(=C\c3ccco3)CCC[C@H]2[C@H]1c1ccco1. The molecule has 2 aromatic heterocycles. The summed E-state index contributed by atoms with van der Waals surface area (Å²) < 4.78 is 16.9. The van der Waals surface area contributed by atoms with E-state index in [1.165, 1.54) is 5.01 Å². The molecule has 2 atom stereocenters. The highest BCUT2D eigenvalue weighted by molar-refractivity contribution is 6.35. The second kappa shape index (κ2) is 8.88. The van der Waals surface area contributed by atoms with Crippen LogP contribution in [0.5, 0.6) is 5.75 Å². The summed E-state index contributed by atoms with van der Waals surface area (Å²) in [4.78, 5) is 13.2. The summed E-state index contributed by atoms with van der Waals surface area (Å²) in [5.74, 6) is 1.62. The summed E-state index contributed by atoms with van der Waals surface area (Å²) in [6, 6.07) is 12.0. The van der Waals surface area contributed by atoms with Gasteiger partial charge in [-0.15, -0.1) is 0 Å². The minimum atomic E-state index is -0.322. The fraction of sp³-hybridized carbons (Fsp3) is 0.250. The molecule has 0 radical (unpaired) electrons. The number of amides is 1. The van der Waals surface area contributed by atoms with E-state index in [2.05, 4.69) is 0 Å². The third-order valence-corrected chi connectivity index (χ3v) is 6.23. The topological polar surface area (TPSA) is 68.2 Å². The van der Waals surface area contributed by atoms with Gasteiger partial charge >= 0.3 is 0 Å². The van der Waals surface area contributed by atoms with E-state index in [0.29, 0.717) is 21.6 Å². The van der Waals surface area contributed by atoms with E-state index in [1.807, 2.05) is 30.3 Å². The Kier molecular flexibility index (Phi) is 5.81.